The third kappa shape index (κ3) is 4.40. The fourth-order valence-electron chi connectivity index (χ4n) is 2.55. The van der Waals surface area contributed by atoms with Crippen LogP contribution in [0.1, 0.15) is 34.7 Å². The standard InChI is InChI=1S/C19H19N3O4S/c1-12(14-8-10-17(11-9-14)27(3,24)25)20-18(23)15-4-6-16(7-5-15)19-21-13(2)22-26-19/h4-12H,1-3H3,(H,20,23). The molecule has 1 aromatic heterocycles. The highest BCUT2D eigenvalue weighted by Crippen LogP contribution is 2.19. The van der Waals surface area contributed by atoms with E-state index in [1.165, 1.54) is 12.1 Å². The molecule has 1 heterocycles. The zero-order valence-corrected chi connectivity index (χ0v) is 15.9. The Morgan fingerprint density at radius 3 is 2.22 bits per heavy atom. The van der Waals surface area contributed by atoms with Gasteiger partial charge in [-0.1, -0.05) is 17.3 Å². The first-order valence-electron chi connectivity index (χ1n) is 8.25. The third-order valence-electron chi connectivity index (χ3n) is 4.08. The van der Waals surface area contributed by atoms with E-state index >= 15 is 0 Å². The highest BCUT2D eigenvalue weighted by Gasteiger charge is 2.14. The molecule has 0 saturated carbocycles. The fourth-order valence-corrected chi connectivity index (χ4v) is 3.18. The first-order chi connectivity index (χ1) is 12.7. The van der Waals surface area contributed by atoms with Crippen LogP contribution in [0.4, 0.5) is 0 Å². The second kappa shape index (κ2) is 7.32. The minimum atomic E-state index is -3.24. The number of sulfone groups is 1. The van der Waals surface area contributed by atoms with Gasteiger partial charge in [0.15, 0.2) is 15.7 Å². The van der Waals surface area contributed by atoms with Gasteiger partial charge in [-0.2, -0.15) is 4.98 Å². The number of rotatable bonds is 5. The van der Waals surface area contributed by atoms with Gasteiger partial charge in [-0.05, 0) is 55.8 Å². The maximum Gasteiger partial charge on any atom is 0.257 e. The largest absolute Gasteiger partial charge is 0.346 e. The summed E-state index contributed by atoms with van der Waals surface area (Å²) < 4.78 is 28.1. The summed E-state index contributed by atoms with van der Waals surface area (Å²) in [5, 5.41) is 6.64. The lowest BCUT2D eigenvalue weighted by atomic mass is 10.1. The molecule has 0 aliphatic carbocycles. The van der Waals surface area contributed by atoms with Crippen LogP contribution < -0.4 is 5.32 Å². The summed E-state index contributed by atoms with van der Waals surface area (Å²) in [6.07, 6.45) is 1.16. The van der Waals surface area contributed by atoms with Gasteiger partial charge >= 0.3 is 0 Å². The smallest absolute Gasteiger partial charge is 0.257 e. The van der Waals surface area contributed by atoms with Gasteiger partial charge in [0.2, 0.25) is 0 Å². The van der Waals surface area contributed by atoms with Crippen molar-refractivity contribution in [2.24, 2.45) is 0 Å². The van der Waals surface area contributed by atoms with E-state index in [1.54, 1.807) is 43.3 Å². The Kier molecular flexibility index (Phi) is 5.09. The summed E-state index contributed by atoms with van der Waals surface area (Å²) in [5.41, 5.74) is 2.04. The van der Waals surface area contributed by atoms with Crippen LogP contribution in [0, 0.1) is 6.92 Å². The molecule has 0 aliphatic heterocycles. The van der Waals surface area contributed by atoms with Gasteiger partial charge in [-0.25, -0.2) is 8.42 Å². The van der Waals surface area contributed by atoms with E-state index in [4.69, 9.17) is 4.52 Å². The lowest BCUT2D eigenvalue weighted by molar-refractivity contribution is 0.0940. The molecule has 27 heavy (non-hydrogen) atoms. The van der Waals surface area contributed by atoms with Crippen LogP contribution in [-0.4, -0.2) is 30.7 Å². The predicted molar refractivity (Wildman–Crippen MR) is 99.9 cm³/mol. The number of nitrogens with zero attached hydrogens (tertiary/aromatic N) is 2. The number of nitrogens with one attached hydrogen (secondary N) is 1. The van der Waals surface area contributed by atoms with E-state index in [1.807, 2.05) is 6.92 Å². The molecule has 0 aliphatic rings. The summed E-state index contributed by atoms with van der Waals surface area (Å²) in [6.45, 7) is 3.57. The van der Waals surface area contributed by atoms with Crippen molar-refractivity contribution in [1.82, 2.24) is 15.5 Å². The number of hydrogen-bond acceptors (Lipinski definition) is 6. The van der Waals surface area contributed by atoms with Crippen LogP contribution in [0.25, 0.3) is 11.5 Å². The first kappa shape index (κ1) is 18.8. The van der Waals surface area contributed by atoms with Crippen molar-refractivity contribution >= 4 is 15.7 Å². The average molecular weight is 385 g/mol. The first-order valence-corrected chi connectivity index (χ1v) is 10.1. The molecule has 1 unspecified atom stereocenters. The quantitative estimate of drug-likeness (QED) is 0.724. The lowest BCUT2D eigenvalue weighted by Gasteiger charge is -2.15. The number of carbonyl (C=O) groups excluding carboxylic acids is 1. The van der Waals surface area contributed by atoms with E-state index < -0.39 is 9.84 Å². The Bertz CT molecular complexity index is 1060. The Morgan fingerprint density at radius 2 is 1.70 bits per heavy atom. The van der Waals surface area contributed by atoms with Crippen molar-refractivity contribution in [3.63, 3.8) is 0 Å². The van der Waals surface area contributed by atoms with Gasteiger partial charge in [0.1, 0.15) is 0 Å². The van der Waals surface area contributed by atoms with Crippen molar-refractivity contribution in [2.75, 3.05) is 6.26 Å². The monoisotopic (exact) mass is 385 g/mol. The maximum atomic E-state index is 12.4. The van der Waals surface area contributed by atoms with Crippen molar-refractivity contribution in [2.45, 2.75) is 24.8 Å². The summed E-state index contributed by atoms with van der Waals surface area (Å²) in [7, 11) is -3.24. The number of aromatic nitrogens is 2. The van der Waals surface area contributed by atoms with Crippen LogP contribution in [0.5, 0.6) is 0 Å². The third-order valence-corrected chi connectivity index (χ3v) is 5.21. The topological polar surface area (TPSA) is 102 Å². The Morgan fingerprint density at radius 1 is 1.07 bits per heavy atom. The molecule has 0 fully saturated rings. The van der Waals surface area contributed by atoms with Crippen LogP contribution >= 0.6 is 0 Å². The van der Waals surface area contributed by atoms with Crippen LogP contribution in [0.2, 0.25) is 0 Å². The second-order valence-corrected chi connectivity index (χ2v) is 8.28. The van der Waals surface area contributed by atoms with Gasteiger partial charge in [0, 0.05) is 17.4 Å². The van der Waals surface area contributed by atoms with Gasteiger partial charge in [-0.3, -0.25) is 4.79 Å². The van der Waals surface area contributed by atoms with Crippen LogP contribution in [0.15, 0.2) is 57.9 Å². The molecule has 0 radical (unpaired) electrons. The molecule has 3 rings (SSSR count). The number of hydrogen-bond donors (Lipinski definition) is 1. The molecular formula is C19H19N3O4S. The molecule has 0 saturated heterocycles. The highest BCUT2D eigenvalue weighted by atomic mass is 32.2. The summed E-state index contributed by atoms with van der Waals surface area (Å²) in [4.78, 5) is 16.8. The average Bonchev–Trinajstić information content (AvgIpc) is 3.07. The van der Waals surface area contributed by atoms with E-state index in [2.05, 4.69) is 15.5 Å². The van der Waals surface area contributed by atoms with Gasteiger partial charge in [0.25, 0.3) is 11.8 Å². The molecular weight excluding hydrogens is 366 g/mol. The number of benzene rings is 2. The SMILES string of the molecule is Cc1noc(-c2ccc(C(=O)NC(C)c3ccc(S(C)(=O)=O)cc3)cc2)n1. The molecule has 3 aromatic rings. The molecule has 1 amide bonds. The summed E-state index contributed by atoms with van der Waals surface area (Å²) in [6, 6.07) is 13.0. The predicted octanol–water partition coefficient (Wildman–Crippen LogP) is 2.94. The molecule has 1 atom stereocenters. The Balaban J connectivity index is 1.69. The van der Waals surface area contributed by atoms with E-state index in [9.17, 15) is 13.2 Å². The maximum absolute atomic E-state index is 12.4. The molecule has 8 heteroatoms. The Labute approximate surface area is 157 Å². The normalized spacial score (nSPS) is 12.6. The van der Waals surface area contributed by atoms with Crippen LogP contribution in [-0.2, 0) is 9.84 Å². The molecule has 2 aromatic carbocycles. The molecule has 0 bridgehead atoms. The minimum absolute atomic E-state index is 0.233. The zero-order chi connectivity index (χ0) is 19.6. The summed E-state index contributed by atoms with van der Waals surface area (Å²) in [5.74, 6) is 0.712. The van der Waals surface area contributed by atoms with E-state index in [0.29, 0.717) is 17.3 Å². The van der Waals surface area contributed by atoms with Crippen molar-refractivity contribution in [3.05, 3.63) is 65.5 Å². The van der Waals surface area contributed by atoms with Gasteiger partial charge in [-0.15, -0.1) is 0 Å². The van der Waals surface area contributed by atoms with Crippen molar-refractivity contribution in [3.8, 4) is 11.5 Å². The number of aryl methyl sites for hydroxylation is 1. The fraction of sp³-hybridized carbons (Fsp3) is 0.211. The molecule has 7 nitrogen and oxygen atoms in total. The van der Waals surface area contributed by atoms with E-state index in [0.717, 1.165) is 17.4 Å². The highest BCUT2D eigenvalue weighted by molar-refractivity contribution is 7.90. The molecule has 1 N–H and O–H groups in total. The number of carbonyl (C=O) groups is 1. The molecule has 0 spiro atoms. The van der Waals surface area contributed by atoms with Crippen molar-refractivity contribution in [1.29, 1.82) is 0 Å². The number of amides is 1. The minimum Gasteiger partial charge on any atom is -0.346 e. The van der Waals surface area contributed by atoms with Gasteiger partial charge in [0.05, 0.1) is 10.9 Å². The van der Waals surface area contributed by atoms with Crippen LogP contribution in [0.3, 0.4) is 0 Å². The Hall–Kier alpha value is -3.00. The van der Waals surface area contributed by atoms with E-state index in [-0.39, 0.29) is 16.8 Å². The van der Waals surface area contributed by atoms with Gasteiger partial charge < -0.3 is 9.84 Å². The second-order valence-electron chi connectivity index (χ2n) is 6.26. The van der Waals surface area contributed by atoms with Crippen molar-refractivity contribution < 1.29 is 17.7 Å². The summed E-state index contributed by atoms with van der Waals surface area (Å²) >= 11 is 0. The lowest BCUT2D eigenvalue weighted by Crippen LogP contribution is -2.26. The molecule has 140 valence electrons. The zero-order valence-electron chi connectivity index (χ0n) is 15.1.